The molecule has 110 valence electrons. The first kappa shape index (κ1) is 15.0. The first-order valence-corrected chi connectivity index (χ1v) is 7.33. The Morgan fingerprint density at radius 2 is 2.15 bits per heavy atom. The molecule has 0 aliphatic carbocycles. The number of hydrogen-bond acceptors (Lipinski definition) is 3. The Labute approximate surface area is 121 Å². The highest BCUT2D eigenvalue weighted by atomic mass is 16.2. The number of rotatable bonds is 5. The first-order valence-electron chi connectivity index (χ1n) is 7.33. The van der Waals surface area contributed by atoms with Crippen molar-refractivity contribution < 1.29 is 4.79 Å². The summed E-state index contributed by atoms with van der Waals surface area (Å²) in [6.45, 7) is 5.44. The molecule has 0 radical (unpaired) electrons. The monoisotopic (exact) mass is 275 g/mol. The zero-order valence-corrected chi connectivity index (χ0v) is 12.5. The maximum absolute atomic E-state index is 11.9. The molecule has 1 saturated heterocycles. The predicted molar refractivity (Wildman–Crippen MR) is 81.1 cm³/mol. The van der Waals surface area contributed by atoms with Crippen LogP contribution in [0.2, 0.25) is 0 Å². The number of carbonyl (C=O) groups excluding carboxylic acids is 1. The second-order valence-electron chi connectivity index (χ2n) is 5.91. The molecule has 1 amide bonds. The van der Waals surface area contributed by atoms with Crippen molar-refractivity contribution in [2.75, 3.05) is 26.7 Å². The minimum absolute atomic E-state index is 0.0817. The third-order valence-corrected chi connectivity index (χ3v) is 3.85. The largest absolute Gasteiger partial charge is 0.341 e. The molecule has 1 aromatic carbocycles. The van der Waals surface area contributed by atoms with E-state index >= 15 is 0 Å². The molecule has 1 aliphatic rings. The molecule has 0 saturated carbocycles. The average molecular weight is 275 g/mol. The second-order valence-corrected chi connectivity index (χ2v) is 5.91. The fourth-order valence-corrected chi connectivity index (χ4v) is 2.87. The number of benzene rings is 1. The van der Waals surface area contributed by atoms with Crippen LogP contribution in [0.15, 0.2) is 30.3 Å². The zero-order chi connectivity index (χ0) is 14.5. The van der Waals surface area contributed by atoms with Crippen molar-refractivity contribution in [2.24, 2.45) is 11.7 Å². The van der Waals surface area contributed by atoms with Gasteiger partial charge >= 0.3 is 0 Å². The van der Waals surface area contributed by atoms with Gasteiger partial charge in [0.1, 0.15) is 0 Å². The summed E-state index contributed by atoms with van der Waals surface area (Å²) in [4.78, 5) is 16.1. The highest BCUT2D eigenvalue weighted by Gasteiger charge is 2.28. The first-order chi connectivity index (χ1) is 9.56. The summed E-state index contributed by atoms with van der Waals surface area (Å²) in [5.74, 6) is 0.643. The van der Waals surface area contributed by atoms with Gasteiger partial charge in [-0.3, -0.25) is 4.79 Å². The number of nitrogens with zero attached hydrogens (tertiary/aromatic N) is 2. The molecule has 1 aliphatic heterocycles. The summed E-state index contributed by atoms with van der Waals surface area (Å²) in [6.07, 6.45) is 1.08. The Bertz CT molecular complexity index is 433. The third kappa shape index (κ3) is 4.05. The summed E-state index contributed by atoms with van der Waals surface area (Å²) < 4.78 is 0. The van der Waals surface area contributed by atoms with Crippen molar-refractivity contribution >= 4 is 5.91 Å². The van der Waals surface area contributed by atoms with E-state index in [1.807, 2.05) is 11.0 Å². The van der Waals surface area contributed by atoms with E-state index in [1.165, 1.54) is 5.56 Å². The summed E-state index contributed by atoms with van der Waals surface area (Å²) in [5, 5.41) is 0. The van der Waals surface area contributed by atoms with Crippen LogP contribution in [0.25, 0.3) is 0 Å². The molecule has 20 heavy (non-hydrogen) atoms. The van der Waals surface area contributed by atoms with Crippen LogP contribution in [0.4, 0.5) is 0 Å². The van der Waals surface area contributed by atoms with Gasteiger partial charge in [0.2, 0.25) is 5.91 Å². The normalized spacial score (nSPS) is 20.4. The maximum Gasteiger partial charge on any atom is 0.239 e. The average Bonchev–Trinajstić information content (AvgIpc) is 2.87. The Morgan fingerprint density at radius 1 is 1.45 bits per heavy atom. The lowest BCUT2D eigenvalue weighted by Crippen LogP contribution is -2.41. The van der Waals surface area contributed by atoms with Gasteiger partial charge in [-0.1, -0.05) is 30.3 Å². The van der Waals surface area contributed by atoms with Crippen LogP contribution in [0.3, 0.4) is 0 Å². The predicted octanol–water partition coefficient (Wildman–Crippen LogP) is 1.31. The summed E-state index contributed by atoms with van der Waals surface area (Å²) in [6, 6.07) is 10.1. The molecule has 1 heterocycles. The van der Waals surface area contributed by atoms with Crippen molar-refractivity contribution in [1.82, 2.24) is 9.80 Å². The number of hydrogen-bond donors (Lipinski definition) is 1. The summed E-state index contributed by atoms with van der Waals surface area (Å²) >= 11 is 0. The summed E-state index contributed by atoms with van der Waals surface area (Å²) in [7, 11) is 2.14. The van der Waals surface area contributed by atoms with Gasteiger partial charge < -0.3 is 15.5 Å². The zero-order valence-electron chi connectivity index (χ0n) is 12.5. The van der Waals surface area contributed by atoms with Crippen LogP contribution in [0, 0.1) is 5.92 Å². The molecular weight excluding hydrogens is 250 g/mol. The maximum atomic E-state index is 11.9. The number of carbonyl (C=O) groups is 1. The van der Waals surface area contributed by atoms with Crippen LogP contribution in [-0.4, -0.2) is 48.4 Å². The van der Waals surface area contributed by atoms with Crippen molar-refractivity contribution in [3.8, 4) is 0 Å². The Morgan fingerprint density at radius 3 is 2.80 bits per heavy atom. The van der Waals surface area contributed by atoms with Crippen molar-refractivity contribution in [3.63, 3.8) is 0 Å². The molecule has 0 spiro atoms. The van der Waals surface area contributed by atoms with Gasteiger partial charge in [-0.2, -0.15) is 0 Å². The van der Waals surface area contributed by atoms with Gasteiger partial charge in [0.05, 0.1) is 6.04 Å². The van der Waals surface area contributed by atoms with Crippen LogP contribution in [0.5, 0.6) is 0 Å². The molecule has 1 aromatic rings. The smallest absolute Gasteiger partial charge is 0.239 e. The lowest BCUT2D eigenvalue weighted by molar-refractivity contribution is -0.131. The van der Waals surface area contributed by atoms with Crippen LogP contribution >= 0.6 is 0 Å². The third-order valence-electron chi connectivity index (χ3n) is 3.85. The van der Waals surface area contributed by atoms with Crippen LogP contribution < -0.4 is 5.73 Å². The number of nitrogens with two attached hydrogens (primary N) is 1. The molecule has 2 atom stereocenters. The number of likely N-dealkylation sites (tertiary alicyclic amines) is 1. The van der Waals surface area contributed by atoms with Crippen molar-refractivity contribution in [2.45, 2.75) is 25.9 Å². The van der Waals surface area contributed by atoms with E-state index < -0.39 is 0 Å². The van der Waals surface area contributed by atoms with Gasteiger partial charge in [-0.25, -0.2) is 0 Å². The highest BCUT2D eigenvalue weighted by Crippen LogP contribution is 2.18. The van der Waals surface area contributed by atoms with E-state index in [1.54, 1.807) is 6.92 Å². The van der Waals surface area contributed by atoms with Crippen molar-refractivity contribution in [1.29, 1.82) is 0 Å². The van der Waals surface area contributed by atoms with E-state index in [9.17, 15) is 4.79 Å². The highest BCUT2D eigenvalue weighted by molar-refractivity contribution is 5.81. The Balaban J connectivity index is 1.79. The van der Waals surface area contributed by atoms with E-state index in [-0.39, 0.29) is 11.9 Å². The quantitative estimate of drug-likeness (QED) is 0.881. The van der Waals surface area contributed by atoms with Gasteiger partial charge in [0.15, 0.2) is 0 Å². The molecular formula is C16H25N3O. The molecule has 4 heteroatoms. The standard InChI is InChI=1S/C16H25N3O/c1-13(17)16(20)19-9-8-15(12-19)11-18(2)10-14-6-4-3-5-7-14/h3-7,13,15H,8-12,17H2,1-2H3/t13-,15+/m0/s1. The SMILES string of the molecule is C[C@H](N)C(=O)N1CC[C@H](CN(C)Cc2ccccc2)C1. The van der Waals surface area contributed by atoms with E-state index in [2.05, 4.69) is 36.2 Å². The van der Waals surface area contributed by atoms with Gasteiger partial charge in [0.25, 0.3) is 0 Å². The minimum Gasteiger partial charge on any atom is -0.341 e. The van der Waals surface area contributed by atoms with Gasteiger partial charge in [-0.05, 0) is 31.9 Å². The fraction of sp³-hybridized carbons (Fsp3) is 0.562. The number of amides is 1. The fourth-order valence-electron chi connectivity index (χ4n) is 2.87. The topological polar surface area (TPSA) is 49.6 Å². The van der Waals surface area contributed by atoms with Gasteiger partial charge in [-0.15, -0.1) is 0 Å². The van der Waals surface area contributed by atoms with E-state index in [0.29, 0.717) is 5.92 Å². The molecule has 2 N–H and O–H groups in total. The summed E-state index contributed by atoms with van der Waals surface area (Å²) in [5.41, 5.74) is 6.99. The molecule has 0 bridgehead atoms. The molecule has 4 nitrogen and oxygen atoms in total. The molecule has 0 unspecified atom stereocenters. The molecule has 0 aromatic heterocycles. The van der Waals surface area contributed by atoms with E-state index in [4.69, 9.17) is 5.73 Å². The van der Waals surface area contributed by atoms with Gasteiger partial charge in [0, 0.05) is 26.2 Å². The van der Waals surface area contributed by atoms with Crippen LogP contribution in [-0.2, 0) is 11.3 Å². The second kappa shape index (κ2) is 6.86. The van der Waals surface area contributed by atoms with Crippen molar-refractivity contribution in [3.05, 3.63) is 35.9 Å². The lowest BCUT2D eigenvalue weighted by atomic mass is 10.1. The Kier molecular flexibility index (Phi) is 5.15. The Hall–Kier alpha value is -1.39. The van der Waals surface area contributed by atoms with Crippen LogP contribution in [0.1, 0.15) is 18.9 Å². The minimum atomic E-state index is -0.379. The molecule has 2 rings (SSSR count). The molecule has 1 fully saturated rings. The van der Waals surface area contributed by atoms with E-state index in [0.717, 1.165) is 32.6 Å². The lowest BCUT2D eigenvalue weighted by Gasteiger charge is -2.22.